The molecule has 0 aromatic heterocycles. The van der Waals surface area contributed by atoms with Gasteiger partial charge in [-0.05, 0) is 13.3 Å². The van der Waals surface area contributed by atoms with E-state index in [1.54, 1.807) is 0 Å². The molecule has 90 valence electrons. The number of hydrogen-bond donors (Lipinski definition) is 2. The van der Waals surface area contributed by atoms with Crippen molar-refractivity contribution in [1.29, 1.82) is 0 Å². The van der Waals surface area contributed by atoms with E-state index in [2.05, 4.69) is 24.1 Å². The molecule has 0 aliphatic carbocycles. The van der Waals surface area contributed by atoms with E-state index < -0.39 is 0 Å². The Morgan fingerprint density at radius 1 is 1.40 bits per heavy atom. The highest BCUT2D eigenvalue weighted by Crippen LogP contribution is 2.06. The normalized spacial score (nSPS) is 22.6. The number of morpholine rings is 1. The second-order valence-electron chi connectivity index (χ2n) is 4.45. The van der Waals surface area contributed by atoms with Gasteiger partial charge in [-0.15, -0.1) is 0 Å². The summed E-state index contributed by atoms with van der Waals surface area (Å²) in [5.41, 5.74) is -0.119. The molecule has 1 saturated heterocycles. The fraction of sp³-hybridized carbons (Fsp3) is 1.00. The molecular weight excluding hydrogens is 192 g/mol. The number of aliphatic hydroxyl groups excluding tert-OH is 1. The Hall–Kier alpha value is -0.160. The van der Waals surface area contributed by atoms with Crippen LogP contribution in [-0.2, 0) is 4.74 Å². The van der Waals surface area contributed by atoms with Gasteiger partial charge in [-0.3, -0.25) is 4.90 Å². The molecule has 0 amide bonds. The Bertz CT molecular complexity index is 166. The highest BCUT2D eigenvalue weighted by Gasteiger charge is 2.20. The maximum atomic E-state index is 9.23. The van der Waals surface area contributed by atoms with Crippen molar-refractivity contribution in [2.75, 3.05) is 46.0 Å². The number of nitrogens with zero attached hydrogens (tertiary/aromatic N) is 1. The predicted molar refractivity (Wildman–Crippen MR) is 61.0 cm³/mol. The van der Waals surface area contributed by atoms with Gasteiger partial charge in [0.05, 0.1) is 19.8 Å². The summed E-state index contributed by atoms with van der Waals surface area (Å²) < 4.78 is 5.29. The second-order valence-corrected chi connectivity index (χ2v) is 4.45. The Morgan fingerprint density at radius 3 is 2.60 bits per heavy atom. The molecule has 1 heterocycles. The Morgan fingerprint density at radius 2 is 2.07 bits per heavy atom. The van der Waals surface area contributed by atoms with Gasteiger partial charge in [-0.25, -0.2) is 0 Å². The van der Waals surface area contributed by atoms with E-state index in [1.807, 2.05) is 0 Å². The zero-order valence-corrected chi connectivity index (χ0v) is 9.96. The van der Waals surface area contributed by atoms with E-state index in [-0.39, 0.29) is 12.1 Å². The minimum Gasteiger partial charge on any atom is -0.394 e. The van der Waals surface area contributed by atoms with Crippen LogP contribution in [0.1, 0.15) is 20.3 Å². The minimum atomic E-state index is -0.119. The lowest BCUT2D eigenvalue weighted by molar-refractivity contribution is 0.0367. The summed E-state index contributed by atoms with van der Waals surface area (Å²) in [6.45, 7) is 10.1. The first-order valence-corrected chi connectivity index (χ1v) is 5.86. The number of rotatable bonds is 6. The molecule has 1 aliphatic rings. The molecule has 2 N–H and O–H groups in total. The van der Waals surface area contributed by atoms with Crippen molar-refractivity contribution in [3.05, 3.63) is 0 Å². The zero-order valence-electron chi connectivity index (χ0n) is 9.96. The number of aliphatic hydroxyl groups is 1. The first kappa shape index (κ1) is 12.9. The average molecular weight is 216 g/mol. The highest BCUT2D eigenvalue weighted by molar-refractivity contribution is 4.80. The molecule has 1 atom stereocenters. The average Bonchev–Trinajstić information content (AvgIpc) is 2.30. The summed E-state index contributed by atoms with van der Waals surface area (Å²) in [4.78, 5) is 2.39. The molecular formula is C11H24N2O2. The summed E-state index contributed by atoms with van der Waals surface area (Å²) in [6, 6.07) is 0. The van der Waals surface area contributed by atoms with Gasteiger partial charge in [0.1, 0.15) is 0 Å². The molecule has 15 heavy (non-hydrogen) atoms. The van der Waals surface area contributed by atoms with E-state index in [0.717, 1.165) is 45.8 Å². The van der Waals surface area contributed by atoms with Crippen LogP contribution in [0.15, 0.2) is 0 Å². The van der Waals surface area contributed by atoms with Crippen LogP contribution < -0.4 is 5.32 Å². The lowest BCUT2D eigenvalue weighted by Gasteiger charge is -2.31. The molecule has 0 bridgehead atoms. The molecule has 0 radical (unpaired) electrons. The van der Waals surface area contributed by atoms with Gasteiger partial charge >= 0.3 is 0 Å². The van der Waals surface area contributed by atoms with Crippen LogP contribution in [0.25, 0.3) is 0 Å². The molecule has 4 heteroatoms. The van der Waals surface area contributed by atoms with Gasteiger partial charge in [-0.2, -0.15) is 0 Å². The number of hydrogen-bond acceptors (Lipinski definition) is 4. The van der Waals surface area contributed by atoms with Gasteiger partial charge < -0.3 is 15.2 Å². The van der Waals surface area contributed by atoms with Crippen molar-refractivity contribution in [1.82, 2.24) is 10.2 Å². The lowest BCUT2D eigenvalue weighted by Crippen LogP contribution is -2.49. The van der Waals surface area contributed by atoms with Gasteiger partial charge in [0.15, 0.2) is 0 Å². The van der Waals surface area contributed by atoms with Crippen molar-refractivity contribution in [2.24, 2.45) is 0 Å². The van der Waals surface area contributed by atoms with Gasteiger partial charge in [0, 0.05) is 31.7 Å². The SMILES string of the molecule is CCC(C)(CO)NCCN1CCOCC1. The third kappa shape index (κ3) is 4.47. The van der Waals surface area contributed by atoms with E-state index in [9.17, 15) is 5.11 Å². The molecule has 0 aromatic carbocycles. The van der Waals surface area contributed by atoms with E-state index >= 15 is 0 Å². The maximum absolute atomic E-state index is 9.23. The van der Waals surface area contributed by atoms with E-state index in [0.29, 0.717) is 0 Å². The molecule has 0 spiro atoms. The fourth-order valence-corrected chi connectivity index (χ4v) is 1.63. The molecule has 1 unspecified atom stereocenters. The van der Waals surface area contributed by atoms with Crippen LogP contribution in [0.3, 0.4) is 0 Å². The Balaban J connectivity index is 2.14. The summed E-state index contributed by atoms with van der Waals surface area (Å²) in [5.74, 6) is 0. The molecule has 4 nitrogen and oxygen atoms in total. The summed E-state index contributed by atoms with van der Waals surface area (Å²) >= 11 is 0. The summed E-state index contributed by atoms with van der Waals surface area (Å²) in [6.07, 6.45) is 0.951. The van der Waals surface area contributed by atoms with Crippen molar-refractivity contribution in [2.45, 2.75) is 25.8 Å². The number of ether oxygens (including phenoxy) is 1. The molecule has 1 aliphatic heterocycles. The lowest BCUT2D eigenvalue weighted by atomic mass is 10.0. The largest absolute Gasteiger partial charge is 0.394 e. The van der Waals surface area contributed by atoms with Crippen LogP contribution in [-0.4, -0.2) is 61.5 Å². The second kappa shape index (κ2) is 6.43. The van der Waals surface area contributed by atoms with Crippen molar-refractivity contribution < 1.29 is 9.84 Å². The van der Waals surface area contributed by atoms with E-state index in [4.69, 9.17) is 4.74 Å². The summed E-state index contributed by atoms with van der Waals surface area (Å²) in [7, 11) is 0. The molecule has 0 saturated carbocycles. The van der Waals surface area contributed by atoms with Crippen molar-refractivity contribution in [3.63, 3.8) is 0 Å². The van der Waals surface area contributed by atoms with Crippen LogP contribution >= 0.6 is 0 Å². The molecule has 0 aromatic rings. The maximum Gasteiger partial charge on any atom is 0.0610 e. The van der Waals surface area contributed by atoms with Crippen LogP contribution in [0.2, 0.25) is 0 Å². The topological polar surface area (TPSA) is 44.7 Å². The Labute approximate surface area is 92.6 Å². The van der Waals surface area contributed by atoms with Crippen LogP contribution in [0, 0.1) is 0 Å². The first-order chi connectivity index (χ1) is 7.20. The first-order valence-electron chi connectivity index (χ1n) is 5.86. The predicted octanol–water partition coefficient (Wildman–Crippen LogP) is 0.0692. The highest BCUT2D eigenvalue weighted by atomic mass is 16.5. The van der Waals surface area contributed by atoms with E-state index in [1.165, 1.54) is 0 Å². The standard InChI is InChI=1S/C11H24N2O2/c1-3-11(2,10-14)12-4-5-13-6-8-15-9-7-13/h12,14H,3-10H2,1-2H3. The third-order valence-corrected chi connectivity index (χ3v) is 3.21. The van der Waals surface area contributed by atoms with Crippen molar-refractivity contribution in [3.8, 4) is 0 Å². The quantitative estimate of drug-likeness (QED) is 0.659. The summed E-state index contributed by atoms with van der Waals surface area (Å²) in [5, 5.41) is 12.6. The molecule has 1 rings (SSSR count). The zero-order chi connectivity index (χ0) is 11.1. The Kier molecular flexibility index (Phi) is 5.53. The third-order valence-electron chi connectivity index (χ3n) is 3.21. The van der Waals surface area contributed by atoms with Gasteiger partial charge in [-0.1, -0.05) is 6.92 Å². The van der Waals surface area contributed by atoms with Crippen LogP contribution in [0.5, 0.6) is 0 Å². The van der Waals surface area contributed by atoms with Gasteiger partial charge in [0.25, 0.3) is 0 Å². The minimum absolute atomic E-state index is 0.119. The van der Waals surface area contributed by atoms with Crippen LogP contribution in [0.4, 0.5) is 0 Å². The smallest absolute Gasteiger partial charge is 0.0610 e. The monoisotopic (exact) mass is 216 g/mol. The van der Waals surface area contributed by atoms with Gasteiger partial charge in [0.2, 0.25) is 0 Å². The van der Waals surface area contributed by atoms with Crippen molar-refractivity contribution >= 4 is 0 Å². The molecule has 1 fully saturated rings. The fourth-order valence-electron chi connectivity index (χ4n) is 1.63. The number of nitrogens with one attached hydrogen (secondary N) is 1.